The number of aromatic amines is 1. The molecule has 3 aromatic rings. The SMILES string of the molecule is S=c1[nH]nc(-c2ccccc2)n1NCc1ccc2c(c1)OCCO2. The van der Waals surface area contributed by atoms with E-state index in [0.29, 0.717) is 24.5 Å². The van der Waals surface area contributed by atoms with E-state index >= 15 is 0 Å². The first-order valence-electron chi connectivity index (χ1n) is 7.66. The summed E-state index contributed by atoms with van der Waals surface area (Å²) >= 11 is 5.32. The number of aromatic nitrogens is 3. The monoisotopic (exact) mass is 340 g/mol. The molecular weight excluding hydrogens is 324 g/mol. The molecule has 2 heterocycles. The highest BCUT2D eigenvalue weighted by molar-refractivity contribution is 7.71. The van der Waals surface area contributed by atoms with Crippen LogP contribution in [-0.4, -0.2) is 28.1 Å². The molecule has 122 valence electrons. The van der Waals surface area contributed by atoms with Gasteiger partial charge in [-0.3, -0.25) is 0 Å². The molecule has 0 aliphatic carbocycles. The molecule has 4 rings (SSSR count). The highest BCUT2D eigenvalue weighted by atomic mass is 32.1. The van der Waals surface area contributed by atoms with Crippen molar-refractivity contribution < 1.29 is 9.47 Å². The summed E-state index contributed by atoms with van der Waals surface area (Å²) in [5, 5.41) is 7.14. The van der Waals surface area contributed by atoms with Crippen molar-refractivity contribution in [2.45, 2.75) is 6.54 Å². The van der Waals surface area contributed by atoms with Gasteiger partial charge in [0.15, 0.2) is 17.3 Å². The molecule has 0 saturated carbocycles. The molecule has 2 aromatic carbocycles. The van der Waals surface area contributed by atoms with Crippen molar-refractivity contribution in [2.24, 2.45) is 0 Å². The van der Waals surface area contributed by atoms with Gasteiger partial charge in [0.2, 0.25) is 4.77 Å². The fourth-order valence-electron chi connectivity index (χ4n) is 2.59. The molecule has 0 spiro atoms. The smallest absolute Gasteiger partial charge is 0.214 e. The maximum absolute atomic E-state index is 5.62. The molecule has 6 nitrogen and oxygen atoms in total. The molecule has 2 N–H and O–H groups in total. The lowest BCUT2D eigenvalue weighted by Crippen LogP contribution is -2.17. The Balaban J connectivity index is 1.56. The summed E-state index contributed by atoms with van der Waals surface area (Å²) in [6.07, 6.45) is 0. The van der Waals surface area contributed by atoms with E-state index in [-0.39, 0.29) is 0 Å². The summed E-state index contributed by atoms with van der Waals surface area (Å²) < 4.78 is 13.5. The van der Waals surface area contributed by atoms with Gasteiger partial charge in [0.1, 0.15) is 13.2 Å². The first-order valence-corrected chi connectivity index (χ1v) is 8.07. The molecule has 1 aliphatic rings. The molecule has 0 bridgehead atoms. The first kappa shape index (κ1) is 14.8. The van der Waals surface area contributed by atoms with E-state index in [1.807, 2.05) is 48.5 Å². The van der Waals surface area contributed by atoms with E-state index in [2.05, 4.69) is 15.6 Å². The van der Waals surface area contributed by atoms with E-state index in [9.17, 15) is 0 Å². The van der Waals surface area contributed by atoms with Crippen LogP contribution in [0.3, 0.4) is 0 Å². The number of hydrogen-bond acceptors (Lipinski definition) is 5. The molecule has 1 aromatic heterocycles. The van der Waals surface area contributed by atoms with Crippen molar-refractivity contribution in [1.82, 2.24) is 14.9 Å². The van der Waals surface area contributed by atoms with Crippen LogP contribution in [0.2, 0.25) is 0 Å². The predicted octanol–water partition coefficient (Wildman–Crippen LogP) is 3.12. The van der Waals surface area contributed by atoms with Crippen LogP contribution in [0.4, 0.5) is 0 Å². The minimum absolute atomic E-state index is 0.520. The van der Waals surface area contributed by atoms with Crippen LogP contribution in [0.25, 0.3) is 11.4 Å². The Morgan fingerprint density at radius 1 is 1.08 bits per heavy atom. The van der Waals surface area contributed by atoms with E-state index in [4.69, 9.17) is 21.7 Å². The van der Waals surface area contributed by atoms with Crippen molar-refractivity contribution in [3.8, 4) is 22.9 Å². The van der Waals surface area contributed by atoms with Crippen LogP contribution in [0, 0.1) is 4.77 Å². The van der Waals surface area contributed by atoms with Crippen LogP contribution in [0.5, 0.6) is 11.5 Å². The Kier molecular flexibility index (Phi) is 3.92. The van der Waals surface area contributed by atoms with Crippen molar-refractivity contribution >= 4 is 12.2 Å². The molecule has 0 saturated heterocycles. The van der Waals surface area contributed by atoms with Crippen molar-refractivity contribution in [1.29, 1.82) is 0 Å². The van der Waals surface area contributed by atoms with E-state index in [0.717, 1.165) is 28.5 Å². The van der Waals surface area contributed by atoms with Gasteiger partial charge in [-0.15, -0.1) is 0 Å². The maximum atomic E-state index is 5.62. The van der Waals surface area contributed by atoms with E-state index < -0.39 is 0 Å². The summed E-state index contributed by atoms with van der Waals surface area (Å²) in [7, 11) is 0. The standard InChI is InChI=1S/C17H16N4O2S/c24-17-20-19-16(13-4-2-1-3-5-13)21(17)18-11-12-6-7-14-15(10-12)23-9-8-22-14/h1-7,10,18H,8-9,11H2,(H,20,24). The fraction of sp³-hybridized carbons (Fsp3) is 0.176. The summed E-state index contributed by atoms with van der Waals surface area (Å²) in [5.74, 6) is 2.31. The van der Waals surface area contributed by atoms with E-state index in [1.54, 1.807) is 4.68 Å². The van der Waals surface area contributed by atoms with Gasteiger partial charge in [0.25, 0.3) is 0 Å². The van der Waals surface area contributed by atoms with Gasteiger partial charge in [0, 0.05) is 5.56 Å². The number of fused-ring (bicyclic) bond motifs is 1. The van der Waals surface area contributed by atoms with E-state index in [1.165, 1.54) is 0 Å². The third-order valence-corrected chi connectivity index (χ3v) is 4.03. The van der Waals surface area contributed by atoms with Gasteiger partial charge in [-0.05, 0) is 29.9 Å². The van der Waals surface area contributed by atoms with Gasteiger partial charge < -0.3 is 14.9 Å². The number of nitrogens with zero attached hydrogens (tertiary/aromatic N) is 2. The maximum Gasteiger partial charge on any atom is 0.214 e. The second kappa shape index (κ2) is 6.37. The molecular formula is C17H16N4O2S. The zero-order chi connectivity index (χ0) is 16.4. The Morgan fingerprint density at radius 2 is 1.88 bits per heavy atom. The summed E-state index contributed by atoms with van der Waals surface area (Å²) in [6, 6.07) is 15.8. The molecule has 0 fully saturated rings. The van der Waals surface area contributed by atoms with Gasteiger partial charge in [-0.2, -0.15) is 5.10 Å². The first-order chi connectivity index (χ1) is 11.8. The Morgan fingerprint density at radius 3 is 2.71 bits per heavy atom. The minimum atomic E-state index is 0.520. The topological polar surface area (TPSA) is 64.1 Å². The Bertz CT molecular complexity index is 904. The Hall–Kier alpha value is -2.80. The summed E-state index contributed by atoms with van der Waals surface area (Å²) in [5.41, 5.74) is 5.36. The second-order valence-electron chi connectivity index (χ2n) is 5.37. The quantitative estimate of drug-likeness (QED) is 0.715. The molecule has 0 radical (unpaired) electrons. The zero-order valence-corrected chi connectivity index (χ0v) is 13.7. The molecule has 0 atom stereocenters. The molecule has 0 amide bonds. The van der Waals surface area contributed by atoms with Gasteiger partial charge >= 0.3 is 0 Å². The average Bonchev–Trinajstić information content (AvgIpc) is 3.01. The number of rotatable bonds is 4. The molecule has 0 unspecified atom stereocenters. The minimum Gasteiger partial charge on any atom is -0.486 e. The van der Waals surface area contributed by atoms with Gasteiger partial charge in [-0.1, -0.05) is 36.4 Å². The predicted molar refractivity (Wildman–Crippen MR) is 93.3 cm³/mol. The lowest BCUT2D eigenvalue weighted by Gasteiger charge is -2.19. The molecule has 7 heteroatoms. The number of ether oxygens (including phenoxy) is 2. The van der Waals surface area contributed by atoms with Crippen LogP contribution in [0.15, 0.2) is 48.5 Å². The molecule has 24 heavy (non-hydrogen) atoms. The molecule has 1 aliphatic heterocycles. The summed E-state index contributed by atoms with van der Waals surface area (Å²) in [6.45, 7) is 1.76. The summed E-state index contributed by atoms with van der Waals surface area (Å²) in [4.78, 5) is 0. The third-order valence-electron chi connectivity index (χ3n) is 3.75. The highest BCUT2D eigenvalue weighted by Gasteiger charge is 2.12. The van der Waals surface area contributed by atoms with Crippen LogP contribution in [-0.2, 0) is 6.54 Å². The number of nitrogens with one attached hydrogen (secondary N) is 2. The normalized spacial score (nSPS) is 12.8. The van der Waals surface area contributed by atoms with Gasteiger partial charge in [0.05, 0.1) is 6.54 Å². The largest absolute Gasteiger partial charge is 0.486 e. The van der Waals surface area contributed by atoms with Gasteiger partial charge in [-0.25, -0.2) is 9.77 Å². The van der Waals surface area contributed by atoms with Crippen LogP contribution >= 0.6 is 12.2 Å². The highest BCUT2D eigenvalue weighted by Crippen LogP contribution is 2.30. The lowest BCUT2D eigenvalue weighted by atomic mass is 10.2. The Labute approximate surface area is 144 Å². The van der Waals surface area contributed by atoms with Crippen LogP contribution < -0.4 is 14.9 Å². The number of H-pyrrole nitrogens is 1. The number of hydrogen-bond donors (Lipinski definition) is 2. The van der Waals surface area contributed by atoms with Crippen LogP contribution in [0.1, 0.15) is 5.56 Å². The third kappa shape index (κ3) is 2.85. The zero-order valence-electron chi connectivity index (χ0n) is 12.9. The van der Waals surface area contributed by atoms with Crippen molar-refractivity contribution in [2.75, 3.05) is 18.6 Å². The average molecular weight is 340 g/mol. The second-order valence-corrected chi connectivity index (χ2v) is 5.75. The lowest BCUT2D eigenvalue weighted by molar-refractivity contribution is 0.171. The fourth-order valence-corrected chi connectivity index (χ4v) is 2.79. The number of benzene rings is 2. The van der Waals surface area contributed by atoms with Crippen molar-refractivity contribution in [3.63, 3.8) is 0 Å². The van der Waals surface area contributed by atoms with Crippen molar-refractivity contribution in [3.05, 3.63) is 58.9 Å².